The van der Waals surface area contributed by atoms with Crippen LogP contribution in [0.3, 0.4) is 0 Å². The van der Waals surface area contributed by atoms with Gasteiger partial charge in [0.05, 0.1) is 22.0 Å². The molecule has 0 aliphatic heterocycles. The Kier molecular flexibility index (Phi) is 9.71. The number of rotatable bonds is 9. The van der Waals surface area contributed by atoms with Gasteiger partial charge in [0.1, 0.15) is 0 Å². The molecule has 4 nitrogen and oxygen atoms in total. The third kappa shape index (κ3) is 6.50. The van der Waals surface area contributed by atoms with E-state index in [4.69, 9.17) is 0 Å². The highest BCUT2D eigenvalue weighted by molar-refractivity contribution is 6.19. The molecule has 0 fully saturated rings. The lowest BCUT2D eigenvalue weighted by molar-refractivity contribution is 0.768. The van der Waals surface area contributed by atoms with Crippen molar-refractivity contribution < 1.29 is 0 Å². The molecule has 14 rings (SSSR count). The van der Waals surface area contributed by atoms with Crippen molar-refractivity contribution in [2.45, 2.75) is 5.41 Å². The fourth-order valence-electron chi connectivity index (χ4n) is 11.7. The number of aromatic nitrogens is 3. The predicted octanol–water partition coefficient (Wildman–Crippen LogP) is 17.3. The van der Waals surface area contributed by atoms with Gasteiger partial charge in [-0.2, -0.15) is 0 Å². The summed E-state index contributed by atoms with van der Waals surface area (Å²) in [7, 11) is 0. The molecule has 3 heterocycles. The van der Waals surface area contributed by atoms with Crippen LogP contribution in [0.15, 0.2) is 279 Å². The second-order valence-corrected chi connectivity index (χ2v) is 18.7. The third-order valence-electron chi connectivity index (χ3n) is 14.9. The predicted molar refractivity (Wildman–Crippen MR) is 298 cm³/mol. The minimum atomic E-state index is -0.524. The number of pyridine rings is 1. The average molecular weight is 919 g/mol. The summed E-state index contributed by atoms with van der Waals surface area (Å²) in [5.41, 5.74) is 20.7. The number of benzene rings is 10. The van der Waals surface area contributed by atoms with Crippen LogP contribution in [-0.4, -0.2) is 14.1 Å². The normalized spacial score (nSPS) is 12.6. The molecule has 0 spiro atoms. The summed E-state index contributed by atoms with van der Waals surface area (Å²) in [5.74, 6) is 0. The van der Waals surface area contributed by atoms with Gasteiger partial charge in [0, 0.05) is 63.2 Å². The van der Waals surface area contributed by atoms with E-state index in [0.29, 0.717) is 0 Å². The Morgan fingerprint density at radius 3 is 1.60 bits per heavy atom. The van der Waals surface area contributed by atoms with E-state index in [-0.39, 0.29) is 0 Å². The number of anilines is 3. The Balaban J connectivity index is 0.918. The molecule has 0 amide bonds. The van der Waals surface area contributed by atoms with Crippen LogP contribution in [0.4, 0.5) is 17.1 Å². The van der Waals surface area contributed by atoms with Crippen molar-refractivity contribution >= 4 is 49.8 Å². The lowest BCUT2D eigenvalue weighted by Gasteiger charge is -2.35. The first kappa shape index (κ1) is 41.5. The molecule has 13 aromatic rings. The summed E-state index contributed by atoms with van der Waals surface area (Å²) < 4.78 is 4.73. The van der Waals surface area contributed by atoms with E-state index >= 15 is 0 Å². The first-order chi connectivity index (χ1) is 35.7. The van der Waals surface area contributed by atoms with Crippen LogP contribution in [0.25, 0.3) is 77.5 Å². The topological polar surface area (TPSA) is 26.0 Å². The maximum Gasteiger partial charge on any atom is 0.0714 e. The van der Waals surface area contributed by atoms with E-state index in [1.165, 1.54) is 71.7 Å². The zero-order valence-corrected chi connectivity index (χ0v) is 39.3. The lowest BCUT2D eigenvalue weighted by atomic mass is 9.67. The Morgan fingerprint density at radius 2 is 0.931 bits per heavy atom. The number of hydrogen-bond acceptors (Lipinski definition) is 2. The van der Waals surface area contributed by atoms with E-state index < -0.39 is 5.41 Å². The van der Waals surface area contributed by atoms with Gasteiger partial charge in [0.25, 0.3) is 0 Å². The van der Waals surface area contributed by atoms with Crippen LogP contribution in [0.1, 0.15) is 22.3 Å². The average Bonchev–Trinajstić information content (AvgIpc) is 4.14. The summed E-state index contributed by atoms with van der Waals surface area (Å²) in [5, 5.41) is 3.67. The second-order valence-electron chi connectivity index (χ2n) is 18.7. The molecule has 1 aliphatic rings. The minimum Gasteiger partial charge on any atom is -0.316 e. The Bertz CT molecular complexity index is 4070. The third-order valence-corrected chi connectivity index (χ3v) is 14.9. The summed E-state index contributed by atoms with van der Waals surface area (Å²) >= 11 is 0. The summed E-state index contributed by atoms with van der Waals surface area (Å²) in [6.07, 6.45) is 5.95. The molecule has 0 bridgehead atoms. The highest BCUT2D eigenvalue weighted by Gasteiger charge is 2.46. The maximum atomic E-state index is 4.42. The molecule has 4 heteroatoms. The smallest absolute Gasteiger partial charge is 0.0714 e. The molecular weight excluding hydrogens is 873 g/mol. The monoisotopic (exact) mass is 918 g/mol. The molecule has 10 aromatic carbocycles. The molecule has 0 atom stereocenters. The van der Waals surface area contributed by atoms with Crippen molar-refractivity contribution in [1.82, 2.24) is 14.1 Å². The Labute approximate surface area is 418 Å². The molecule has 338 valence electrons. The van der Waals surface area contributed by atoms with E-state index in [0.717, 1.165) is 45.1 Å². The molecule has 0 saturated carbocycles. The van der Waals surface area contributed by atoms with Gasteiger partial charge in [0.15, 0.2) is 0 Å². The lowest BCUT2D eigenvalue weighted by Crippen LogP contribution is -2.28. The van der Waals surface area contributed by atoms with Crippen LogP contribution >= 0.6 is 0 Å². The van der Waals surface area contributed by atoms with Crippen molar-refractivity contribution in [2.24, 2.45) is 0 Å². The Hall–Kier alpha value is -9.51. The Morgan fingerprint density at radius 1 is 0.361 bits per heavy atom. The van der Waals surface area contributed by atoms with E-state index in [9.17, 15) is 0 Å². The van der Waals surface area contributed by atoms with Crippen molar-refractivity contribution in [2.75, 3.05) is 4.90 Å². The first-order valence-electron chi connectivity index (χ1n) is 24.7. The SMILES string of the molecule is c1ccc(-n2ccc3c2ccc2c4cc(-c5ccc(N(c6ccc(-c7cccnc7)cc6)c6ccc7c(c6)C(c6ccccc6)(c6ccccc6)c6ccccc6-7)cc5)ccc4n(-c4ccccc4)c23)cc1. The van der Waals surface area contributed by atoms with E-state index in [2.05, 4.69) is 280 Å². The molecule has 72 heavy (non-hydrogen) atoms. The second kappa shape index (κ2) is 16.9. The van der Waals surface area contributed by atoms with Crippen molar-refractivity contribution in [3.05, 3.63) is 302 Å². The summed E-state index contributed by atoms with van der Waals surface area (Å²) in [6.45, 7) is 0. The van der Waals surface area contributed by atoms with Gasteiger partial charge in [-0.1, -0.05) is 170 Å². The van der Waals surface area contributed by atoms with Gasteiger partial charge in [-0.3, -0.25) is 4.98 Å². The minimum absolute atomic E-state index is 0.524. The van der Waals surface area contributed by atoms with Crippen LogP contribution in [-0.2, 0) is 5.41 Å². The summed E-state index contributed by atoms with van der Waals surface area (Å²) in [4.78, 5) is 6.83. The van der Waals surface area contributed by atoms with Gasteiger partial charge in [-0.05, 0) is 147 Å². The molecule has 0 saturated heterocycles. The molecule has 0 N–H and O–H groups in total. The zero-order chi connectivity index (χ0) is 47.6. The number of fused-ring (bicyclic) bond motifs is 8. The van der Waals surface area contributed by atoms with E-state index in [1.54, 1.807) is 0 Å². The van der Waals surface area contributed by atoms with E-state index in [1.807, 2.05) is 18.5 Å². The highest BCUT2D eigenvalue weighted by Crippen LogP contribution is 2.57. The molecular formula is C68H46N4. The zero-order valence-electron chi connectivity index (χ0n) is 39.3. The fourth-order valence-corrected chi connectivity index (χ4v) is 11.7. The van der Waals surface area contributed by atoms with Gasteiger partial charge >= 0.3 is 0 Å². The highest BCUT2D eigenvalue weighted by atomic mass is 15.1. The van der Waals surface area contributed by atoms with Gasteiger partial charge in [-0.25, -0.2) is 0 Å². The van der Waals surface area contributed by atoms with Crippen LogP contribution in [0, 0.1) is 0 Å². The largest absolute Gasteiger partial charge is 0.316 e. The molecule has 0 unspecified atom stereocenters. The van der Waals surface area contributed by atoms with Crippen LogP contribution in [0.5, 0.6) is 0 Å². The molecule has 1 aliphatic carbocycles. The van der Waals surface area contributed by atoms with Gasteiger partial charge in [-0.15, -0.1) is 0 Å². The maximum absolute atomic E-state index is 4.42. The number of nitrogens with zero attached hydrogens (tertiary/aromatic N) is 4. The van der Waals surface area contributed by atoms with Gasteiger partial charge in [0.2, 0.25) is 0 Å². The number of para-hydroxylation sites is 2. The van der Waals surface area contributed by atoms with Crippen molar-refractivity contribution in [3.63, 3.8) is 0 Å². The van der Waals surface area contributed by atoms with Crippen LogP contribution in [0.2, 0.25) is 0 Å². The summed E-state index contributed by atoms with van der Waals surface area (Å²) in [6, 6.07) is 95.4. The first-order valence-corrected chi connectivity index (χ1v) is 24.7. The van der Waals surface area contributed by atoms with Crippen molar-refractivity contribution in [3.8, 4) is 44.8 Å². The standard InChI is InChI=1S/C68H46N4/c1-5-17-51(18-6-1)68(52-19-7-2-8-20-52)63-26-14-13-25-58(63)59-37-36-57(45-64(59)68)71(56-34-29-48(30-35-56)50-16-15-42-69-46-50)55-32-27-47(28-33-55)49-31-39-66-62(44-49)60-38-40-65-61(41-43-70(65)53-21-9-3-10-22-53)67(60)72(66)54-23-11-4-12-24-54/h1-46H. The fraction of sp³-hybridized carbons (Fsp3) is 0.0147. The molecule has 3 aromatic heterocycles. The quantitative estimate of drug-likeness (QED) is 0.144. The van der Waals surface area contributed by atoms with Crippen LogP contribution < -0.4 is 4.90 Å². The molecule has 0 radical (unpaired) electrons. The van der Waals surface area contributed by atoms with Crippen molar-refractivity contribution in [1.29, 1.82) is 0 Å². The number of hydrogen-bond donors (Lipinski definition) is 0. The van der Waals surface area contributed by atoms with Gasteiger partial charge < -0.3 is 14.0 Å².